The van der Waals surface area contributed by atoms with E-state index in [1.54, 1.807) is 61.5 Å². The fraction of sp³-hybridized carbons (Fsp3) is 0.200. The van der Waals surface area contributed by atoms with Crippen LogP contribution in [0.4, 0.5) is 0 Å². The number of sulfonamides is 1. The van der Waals surface area contributed by atoms with Gasteiger partial charge in [0, 0.05) is 0 Å². The van der Waals surface area contributed by atoms with Crippen molar-refractivity contribution in [1.82, 2.24) is 4.83 Å². The summed E-state index contributed by atoms with van der Waals surface area (Å²) in [5.74, 6) is 0.572. The van der Waals surface area contributed by atoms with Gasteiger partial charge in [0.05, 0.1) is 30.9 Å². The molecular formula is C25H26N2O6S. The van der Waals surface area contributed by atoms with Crippen LogP contribution >= 0.6 is 0 Å². The molecule has 0 amide bonds. The van der Waals surface area contributed by atoms with Crippen molar-refractivity contribution in [3.63, 3.8) is 0 Å². The maximum atomic E-state index is 12.6. The van der Waals surface area contributed by atoms with Gasteiger partial charge in [0.2, 0.25) is 0 Å². The van der Waals surface area contributed by atoms with Crippen molar-refractivity contribution in [2.24, 2.45) is 5.10 Å². The molecule has 0 aliphatic heterocycles. The normalized spacial score (nSPS) is 11.3. The van der Waals surface area contributed by atoms with Crippen LogP contribution in [0.1, 0.15) is 32.6 Å². The maximum absolute atomic E-state index is 12.6. The van der Waals surface area contributed by atoms with Gasteiger partial charge in [-0.05, 0) is 72.5 Å². The summed E-state index contributed by atoms with van der Waals surface area (Å²) in [5.41, 5.74) is 3.42. The molecule has 0 spiro atoms. The van der Waals surface area contributed by atoms with Crippen LogP contribution < -0.4 is 14.3 Å². The van der Waals surface area contributed by atoms with E-state index in [1.165, 1.54) is 20.4 Å². The minimum Gasteiger partial charge on any atom is -0.493 e. The number of methoxy groups -OCH3 is 2. The average Bonchev–Trinajstić information content (AvgIpc) is 2.84. The summed E-state index contributed by atoms with van der Waals surface area (Å²) in [4.78, 5) is 14.0. The van der Waals surface area contributed by atoms with Gasteiger partial charge < -0.3 is 14.2 Å². The molecule has 178 valence electrons. The van der Waals surface area contributed by atoms with Crippen LogP contribution in [0.15, 0.2) is 70.7 Å². The van der Waals surface area contributed by atoms with Crippen molar-refractivity contribution in [2.45, 2.75) is 25.3 Å². The smallest absolute Gasteiger partial charge is 0.337 e. The van der Waals surface area contributed by atoms with E-state index in [0.29, 0.717) is 28.2 Å². The third-order valence-corrected chi connectivity index (χ3v) is 6.34. The first-order valence-electron chi connectivity index (χ1n) is 10.3. The zero-order chi connectivity index (χ0) is 24.7. The highest BCUT2D eigenvalue weighted by molar-refractivity contribution is 7.89. The number of aryl methyl sites for hydroxylation is 2. The second kappa shape index (κ2) is 10.8. The molecule has 0 heterocycles. The number of rotatable bonds is 9. The van der Waals surface area contributed by atoms with Crippen LogP contribution in [0.25, 0.3) is 0 Å². The highest BCUT2D eigenvalue weighted by Gasteiger charge is 2.16. The van der Waals surface area contributed by atoms with Crippen molar-refractivity contribution in [2.75, 3.05) is 14.2 Å². The Hall–Kier alpha value is -3.85. The van der Waals surface area contributed by atoms with E-state index in [4.69, 9.17) is 14.2 Å². The molecule has 0 aliphatic rings. The maximum Gasteiger partial charge on any atom is 0.337 e. The lowest BCUT2D eigenvalue weighted by Crippen LogP contribution is -2.19. The van der Waals surface area contributed by atoms with Crippen molar-refractivity contribution < 1.29 is 27.4 Å². The van der Waals surface area contributed by atoms with Crippen molar-refractivity contribution >= 4 is 22.2 Å². The highest BCUT2D eigenvalue weighted by atomic mass is 32.2. The molecule has 3 aromatic rings. The number of hydrogen-bond acceptors (Lipinski definition) is 7. The number of hydrazone groups is 1. The molecule has 34 heavy (non-hydrogen) atoms. The first kappa shape index (κ1) is 24.8. The molecule has 0 saturated carbocycles. The largest absolute Gasteiger partial charge is 0.493 e. The van der Waals surface area contributed by atoms with Gasteiger partial charge in [0.1, 0.15) is 6.61 Å². The topological polar surface area (TPSA) is 103 Å². The summed E-state index contributed by atoms with van der Waals surface area (Å²) in [6.07, 6.45) is 1.39. The fourth-order valence-electron chi connectivity index (χ4n) is 3.12. The molecule has 0 aliphatic carbocycles. The van der Waals surface area contributed by atoms with E-state index < -0.39 is 16.0 Å². The third-order valence-electron chi connectivity index (χ3n) is 4.98. The molecule has 0 radical (unpaired) electrons. The van der Waals surface area contributed by atoms with Gasteiger partial charge in [-0.25, -0.2) is 9.63 Å². The lowest BCUT2D eigenvalue weighted by Gasteiger charge is -2.12. The molecule has 0 aromatic heterocycles. The Bertz CT molecular complexity index is 1300. The zero-order valence-corrected chi connectivity index (χ0v) is 20.2. The number of carbonyl (C=O) groups excluding carboxylic acids is 1. The molecule has 0 fully saturated rings. The molecular weight excluding hydrogens is 456 g/mol. The van der Waals surface area contributed by atoms with E-state index in [-0.39, 0.29) is 11.5 Å². The highest BCUT2D eigenvalue weighted by Crippen LogP contribution is 2.28. The van der Waals surface area contributed by atoms with E-state index in [9.17, 15) is 13.2 Å². The number of benzene rings is 3. The van der Waals surface area contributed by atoms with Gasteiger partial charge in [-0.3, -0.25) is 0 Å². The molecule has 0 bridgehead atoms. The lowest BCUT2D eigenvalue weighted by atomic mass is 10.1. The Balaban J connectivity index is 1.67. The van der Waals surface area contributed by atoms with Crippen LogP contribution in [0.3, 0.4) is 0 Å². The zero-order valence-electron chi connectivity index (χ0n) is 19.4. The van der Waals surface area contributed by atoms with E-state index in [1.807, 2.05) is 13.0 Å². The Morgan fingerprint density at radius 3 is 2.38 bits per heavy atom. The predicted molar refractivity (Wildman–Crippen MR) is 129 cm³/mol. The summed E-state index contributed by atoms with van der Waals surface area (Å²) in [6.45, 7) is 3.82. The molecule has 0 saturated heterocycles. The lowest BCUT2D eigenvalue weighted by molar-refractivity contribution is 0.0600. The van der Waals surface area contributed by atoms with Crippen LogP contribution in [-0.2, 0) is 21.4 Å². The summed E-state index contributed by atoms with van der Waals surface area (Å²) >= 11 is 0. The summed E-state index contributed by atoms with van der Waals surface area (Å²) in [7, 11) is -0.945. The Morgan fingerprint density at radius 1 is 0.971 bits per heavy atom. The Morgan fingerprint density at radius 2 is 1.71 bits per heavy atom. The fourth-order valence-corrected chi connectivity index (χ4v) is 4.24. The number of carbonyl (C=O) groups is 1. The van der Waals surface area contributed by atoms with Gasteiger partial charge in [-0.2, -0.15) is 13.5 Å². The number of esters is 1. The minimum absolute atomic E-state index is 0.186. The first-order valence-corrected chi connectivity index (χ1v) is 11.8. The predicted octanol–water partition coefficient (Wildman–Crippen LogP) is 3.99. The van der Waals surface area contributed by atoms with Gasteiger partial charge in [-0.15, -0.1) is 0 Å². The minimum atomic E-state index is -3.79. The molecule has 3 aromatic carbocycles. The van der Waals surface area contributed by atoms with Gasteiger partial charge in [0.15, 0.2) is 11.5 Å². The van der Waals surface area contributed by atoms with Crippen LogP contribution in [0, 0.1) is 13.8 Å². The van der Waals surface area contributed by atoms with Crippen molar-refractivity contribution in [1.29, 1.82) is 0 Å². The van der Waals surface area contributed by atoms with E-state index in [2.05, 4.69) is 9.93 Å². The number of hydrogen-bond donors (Lipinski definition) is 1. The van der Waals surface area contributed by atoms with Crippen molar-refractivity contribution in [3.05, 3.63) is 88.5 Å². The van der Waals surface area contributed by atoms with Crippen molar-refractivity contribution in [3.8, 4) is 11.5 Å². The molecule has 1 N–H and O–H groups in total. The molecule has 3 rings (SSSR count). The summed E-state index contributed by atoms with van der Waals surface area (Å²) in [6, 6.07) is 17.2. The number of nitrogens with one attached hydrogen (secondary N) is 1. The SMILES string of the molecule is COC(=O)c1ccc(COc2ccc(/C=N\NS(=O)(=O)c3cc(C)ccc3C)cc2OC)cc1. The second-order valence-electron chi connectivity index (χ2n) is 7.51. The summed E-state index contributed by atoms with van der Waals surface area (Å²) < 4.78 is 41.1. The standard InChI is InChI=1S/C25H26N2O6S/c1-17-5-6-18(2)24(13-17)34(29,30)27-26-15-20-9-12-22(23(14-20)31-3)33-16-19-7-10-21(11-8-19)25(28)32-4/h5-15,27H,16H2,1-4H3/b26-15-. The number of ether oxygens (including phenoxy) is 3. The van der Waals surface area contributed by atoms with E-state index >= 15 is 0 Å². The molecule has 9 heteroatoms. The van der Waals surface area contributed by atoms with Gasteiger partial charge in [0.25, 0.3) is 10.0 Å². The quantitative estimate of drug-likeness (QED) is 0.281. The molecule has 8 nitrogen and oxygen atoms in total. The first-order chi connectivity index (χ1) is 16.2. The van der Waals surface area contributed by atoms with Gasteiger partial charge >= 0.3 is 5.97 Å². The van der Waals surface area contributed by atoms with E-state index in [0.717, 1.165) is 11.1 Å². The van der Waals surface area contributed by atoms with Crippen LogP contribution in [-0.4, -0.2) is 34.8 Å². The number of nitrogens with zero attached hydrogens (tertiary/aromatic N) is 1. The van der Waals surface area contributed by atoms with Gasteiger partial charge in [-0.1, -0.05) is 24.3 Å². The third kappa shape index (κ3) is 6.14. The molecule has 0 unspecified atom stereocenters. The van der Waals surface area contributed by atoms with Crippen LogP contribution in [0.5, 0.6) is 11.5 Å². The average molecular weight is 483 g/mol. The molecule has 0 atom stereocenters. The Labute approximate surface area is 199 Å². The monoisotopic (exact) mass is 482 g/mol. The summed E-state index contributed by atoms with van der Waals surface area (Å²) in [5, 5.41) is 3.89. The Kier molecular flexibility index (Phi) is 7.91. The van der Waals surface area contributed by atoms with Crippen LogP contribution in [0.2, 0.25) is 0 Å². The second-order valence-corrected chi connectivity index (χ2v) is 9.14.